The smallest absolute Gasteiger partial charge is 0.323 e. The maximum absolute atomic E-state index is 13.0. The van der Waals surface area contributed by atoms with Crippen molar-refractivity contribution in [3.8, 4) is 0 Å². The Morgan fingerprint density at radius 2 is 2.05 bits per heavy atom. The molecule has 0 bridgehead atoms. The monoisotopic (exact) mass is 303 g/mol. The van der Waals surface area contributed by atoms with Crippen LogP contribution in [-0.2, 0) is 4.79 Å². The van der Waals surface area contributed by atoms with Crippen LogP contribution in [0, 0.1) is 11.6 Å². The summed E-state index contributed by atoms with van der Waals surface area (Å²) in [5, 5.41) is 11.9. The summed E-state index contributed by atoms with van der Waals surface area (Å²) in [6, 6.07) is 3.83. The number of rotatable bonds is 8. The van der Waals surface area contributed by atoms with Gasteiger partial charge in [-0.15, -0.1) is 11.8 Å². The van der Waals surface area contributed by atoms with Crippen molar-refractivity contribution < 1.29 is 18.7 Å². The molecule has 1 rings (SSSR count). The Morgan fingerprint density at radius 1 is 1.35 bits per heavy atom. The number of carboxylic acids is 1. The van der Waals surface area contributed by atoms with Gasteiger partial charge in [-0.3, -0.25) is 4.79 Å². The van der Waals surface area contributed by atoms with Crippen molar-refractivity contribution in [2.24, 2.45) is 0 Å². The van der Waals surface area contributed by atoms with E-state index in [0.29, 0.717) is 11.3 Å². The van der Waals surface area contributed by atoms with E-state index in [4.69, 9.17) is 5.11 Å². The molecule has 0 saturated heterocycles. The highest BCUT2D eigenvalue weighted by molar-refractivity contribution is 7.99. The highest BCUT2D eigenvalue weighted by atomic mass is 32.2. The van der Waals surface area contributed by atoms with Gasteiger partial charge in [-0.2, -0.15) is 0 Å². The third kappa shape index (κ3) is 4.76. The lowest BCUT2D eigenvalue weighted by Gasteiger charge is -2.23. The molecular weight excluding hydrogens is 284 g/mol. The van der Waals surface area contributed by atoms with Crippen LogP contribution in [0.1, 0.15) is 26.2 Å². The van der Waals surface area contributed by atoms with Crippen molar-refractivity contribution in [1.29, 1.82) is 0 Å². The molecule has 1 aromatic carbocycles. The molecule has 0 heterocycles. The van der Waals surface area contributed by atoms with Crippen LogP contribution in [0.3, 0.4) is 0 Å². The number of nitrogens with one attached hydrogen (secondary N) is 1. The van der Waals surface area contributed by atoms with Crippen molar-refractivity contribution in [2.45, 2.75) is 36.6 Å². The molecule has 6 heteroatoms. The summed E-state index contributed by atoms with van der Waals surface area (Å²) in [5.74, 6) is -1.82. The number of hydrogen-bond donors (Lipinski definition) is 2. The number of carboxylic acid groups (broad SMARTS) is 1. The van der Waals surface area contributed by atoms with Crippen LogP contribution in [0.4, 0.5) is 8.78 Å². The van der Waals surface area contributed by atoms with Gasteiger partial charge in [-0.05, 0) is 50.8 Å². The maximum Gasteiger partial charge on any atom is 0.323 e. The quantitative estimate of drug-likeness (QED) is 0.571. The Labute approximate surface area is 121 Å². The van der Waals surface area contributed by atoms with Crippen molar-refractivity contribution in [1.82, 2.24) is 5.32 Å². The van der Waals surface area contributed by atoms with Gasteiger partial charge in [-0.1, -0.05) is 6.42 Å². The Balaban J connectivity index is 2.31. The minimum atomic E-state index is -0.910. The molecule has 0 aliphatic rings. The zero-order valence-electron chi connectivity index (χ0n) is 11.6. The highest BCUT2D eigenvalue weighted by Gasteiger charge is 2.29. The van der Waals surface area contributed by atoms with Crippen LogP contribution < -0.4 is 5.32 Å². The van der Waals surface area contributed by atoms with E-state index in [1.807, 2.05) is 0 Å². The average molecular weight is 303 g/mol. The van der Waals surface area contributed by atoms with Crippen LogP contribution in [0.25, 0.3) is 0 Å². The first kappa shape index (κ1) is 16.9. The van der Waals surface area contributed by atoms with Crippen LogP contribution >= 0.6 is 11.8 Å². The summed E-state index contributed by atoms with van der Waals surface area (Å²) >= 11 is 1.44. The lowest BCUT2D eigenvalue weighted by atomic mass is 9.95. The molecule has 3 nitrogen and oxygen atoms in total. The Morgan fingerprint density at radius 3 is 2.60 bits per heavy atom. The fourth-order valence-corrected chi connectivity index (χ4v) is 2.61. The van der Waals surface area contributed by atoms with Crippen LogP contribution in [0.15, 0.2) is 23.1 Å². The number of hydrogen-bond acceptors (Lipinski definition) is 3. The number of thioether (sulfide) groups is 1. The van der Waals surface area contributed by atoms with Gasteiger partial charge in [-0.25, -0.2) is 8.78 Å². The van der Waals surface area contributed by atoms with Crippen LogP contribution in [-0.4, -0.2) is 29.4 Å². The molecule has 0 amide bonds. The lowest BCUT2D eigenvalue weighted by molar-refractivity contribution is -0.144. The average Bonchev–Trinajstić information content (AvgIpc) is 2.41. The molecule has 20 heavy (non-hydrogen) atoms. The standard InChI is InChI=1S/C14H19F2NO2S/c1-14(17-2,13(18)19)7-3-4-8-20-10-5-6-11(15)12(16)9-10/h5-6,9,17H,3-4,7-8H2,1-2H3,(H,18,19). The van der Waals surface area contributed by atoms with Gasteiger partial charge in [0.05, 0.1) is 0 Å². The first-order valence-corrected chi connectivity index (χ1v) is 7.38. The number of likely N-dealkylation sites (N-methyl/N-ethyl adjacent to an activating group) is 1. The Hall–Kier alpha value is -1.14. The molecule has 0 fully saturated rings. The minimum Gasteiger partial charge on any atom is -0.480 e. The van der Waals surface area contributed by atoms with Crippen LogP contribution in [0.2, 0.25) is 0 Å². The second-order valence-electron chi connectivity index (χ2n) is 4.77. The van der Waals surface area contributed by atoms with Gasteiger partial charge in [0.15, 0.2) is 11.6 Å². The maximum atomic E-state index is 13.0. The molecule has 0 aromatic heterocycles. The van der Waals surface area contributed by atoms with Crippen LogP contribution in [0.5, 0.6) is 0 Å². The first-order chi connectivity index (χ1) is 9.39. The summed E-state index contributed by atoms with van der Waals surface area (Å²) in [7, 11) is 1.63. The van der Waals surface area contributed by atoms with E-state index in [1.54, 1.807) is 14.0 Å². The number of aliphatic carboxylic acids is 1. The molecule has 112 valence electrons. The van der Waals surface area contributed by atoms with Crippen molar-refractivity contribution >= 4 is 17.7 Å². The molecule has 0 spiro atoms. The lowest BCUT2D eigenvalue weighted by Crippen LogP contribution is -2.47. The van der Waals surface area contributed by atoms with E-state index in [0.717, 1.165) is 24.7 Å². The molecule has 1 aromatic rings. The van der Waals surface area contributed by atoms with E-state index >= 15 is 0 Å². The largest absolute Gasteiger partial charge is 0.480 e. The summed E-state index contributed by atoms with van der Waals surface area (Å²) in [6.45, 7) is 1.65. The van der Waals surface area contributed by atoms with Gasteiger partial charge in [0.1, 0.15) is 5.54 Å². The summed E-state index contributed by atoms with van der Waals surface area (Å²) in [4.78, 5) is 11.7. The number of carbonyl (C=O) groups is 1. The Bertz CT molecular complexity index is 470. The zero-order valence-corrected chi connectivity index (χ0v) is 12.4. The molecule has 1 atom stereocenters. The predicted octanol–water partition coefficient (Wildman–Crippen LogP) is 3.29. The number of unbranched alkanes of at least 4 members (excludes halogenated alkanes) is 1. The summed E-state index contributed by atoms with van der Waals surface area (Å²) in [5.41, 5.74) is -0.910. The fraction of sp³-hybridized carbons (Fsp3) is 0.500. The van der Waals surface area contributed by atoms with E-state index in [-0.39, 0.29) is 0 Å². The summed E-state index contributed by atoms with van der Waals surface area (Å²) < 4.78 is 25.7. The zero-order chi connectivity index (χ0) is 15.2. The van der Waals surface area contributed by atoms with Gasteiger partial charge < -0.3 is 10.4 Å². The fourth-order valence-electron chi connectivity index (χ4n) is 1.68. The van der Waals surface area contributed by atoms with Gasteiger partial charge >= 0.3 is 5.97 Å². The molecule has 0 saturated carbocycles. The minimum absolute atomic E-state index is 0.525. The number of benzene rings is 1. The highest BCUT2D eigenvalue weighted by Crippen LogP contribution is 2.22. The summed E-state index contributed by atoms with van der Waals surface area (Å²) in [6.07, 6.45) is 2.09. The molecule has 0 radical (unpaired) electrons. The van der Waals surface area contributed by atoms with E-state index in [9.17, 15) is 13.6 Å². The van der Waals surface area contributed by atoms with Gasteiger partial charge in [0.25, 0.3) is 0 Å². The normalized spacial score (nSPS) is 14.0. The first-order valence-electron chi connectivity index (χ1n) is 6.39. The van der Waals surface area contributed by atoms with E-state index in [2.05, 4.69) is 5.32 Å². The van der Waals surface area contributed by atoms with Gasteiger partial charge in [0, 0.05) is 4.90 Å². The van der Waals surface area contributed by atoms with Crippen molar-refractivity contribution in [2.75, 3.05) is 12.8 Å². The number of halogens is 2. The topological polar surface area (TPSA) is 49.3 Å². The third-order valence-electron chi connectivity index (χ3n) is 3.25. The van der Waals surface area contributed by atoms with Crippen molar-refractivity contribution in [3.05, 3.63) is 29.8 Å². The van der Waals surface area contributed by atoms with E-state index < -0.39 is 23.1 Å². The molecule has 2 N–H and O–H groups in total. The van der Waals surface area contributed by atoms with E-state index in [1.165, 1.54) is 23.9 Å². The SMILES string of the molecule is CNC(C)(CCCCSc1ccc(F)c(F)c1)C(=O)O. The predicted molar refractivity (Wildman–Crippen MR) is 76.0 cm³/mol. The molecule has 1 unspecified atom stereocenters. The Kier molecular flexibility index (Phi) is 6.42. The third-order valence-corrected chi connectivity index (χ3v) is 4.33. The molecule has 0 aliphatic heterocycles. The second-order valence-corrected chi connectivity index (χ2v) is 5.94. The molecule has 0 aliphatic carbocycles. The van der Waals surface area contributed by atoms with Gasteiger partial charge in [0.2, 0.25) is 0 Å². The molecular formula is C14H19F2NO2S. The van der Waals surface area contributed by atoms with Crippen molar-refractivity contribution in [3.63, 3.8) is 0 Å². The second kappa shape index (κ2) is 7.59.